The number of hydrogen-bond donors (Lipinski definition) is 3. The number of fused-ring (bicyclic) bond motifs is 1. The molecule has 0 atom stereocenters. The molecule has 0 radical (unpaired) electrons. The predicted octanol–water partition coefficient (Wildman–Crippen LogP) is 4.05. The number of carbonyl (C=O) groups is 2. The number of rotatable bonds is 6. The molecule has 0 saturated carbocycles. The zero-order valence-corrected chi connectivity index (χ0v) is 18.5. The number of carboxylic acid groups (broad SMARTS) is 1. The molecule has 2 aromatic carbocycles. The fraction of sp³-hybridized carbons (Fsp3) is 0.292. The summed E-state index contributed by atoms with van der Waals surface area (Å²) in [4.78, 5) is 39.5. The number of phenolic OH excluding ortho intramolecular Hbond substituents is 1. The largest absolute Gasteiger partial charge is 0.506 e. The monoisotopic (exact) mass is 456 g/mol. The SMILES string of the molecule is CC(C)(C)OC(=O)N(CCc1ccc(O)c2[nH]c(=O)ccc12)Cc1ccc(C(=O)O)cc1F. The van der Waals surface area contributed by atoms with Gasteiger partial charge in [-0.3, -0.25) is 4.79 Å². The third-order valence-electron chi connectivity index (χ3n) is 4.93. The molecule has 0 spiro atoms. The second-order valence-corrected chi connectivity index (χ2v) is 8.62. The molecular formula is C24H25FN2O6. The van der Waals surface area contributed by atoms with Crippen molar-refractivity contribution in [2.75, 3.05) is 6.54 Å². The number of hydrogen-bond acceptors (Lipinski definition) is 5. The summed E-state index contributed by atoms with van der Waals surface area (Å²) < 4.78 is 20.0. The number of ether oxygens (including phenoxy) is 1. The second-order valence-electron chi connectivity index (χ2n) is 8.62. The Hall–Kier alpha value is -3.88. The van der Waals surface area contributed by atoms with Crippen molar-refractivity contribution < 1.29 is 28.9 Å². The smallest absolute Gasteiger partial charge is 0.410 e. The van der Waals surface area contributed by atoms with Gasteiger partial charge in [-0.15, -0.1) is 0 Å². The van der Waals surface area contributed by atoms with Crippen LogP contribution >= 0.6 is 0 Å². The number of aromatic carboxylic acids is 1. The van der Waals surface area contributed by atoms with Crippen LogP contribution in [-0.2, 0) is 17.7 Å². The molecule has 0 unspecified atom stereocenters. The van der Waals surface area contributed by atoms with E-state index in [-0.39, 0.29) is 35.5 Å². The number of H-pyrrole nitrogens is 1. The summed E-state index contributed by atoms with van der Waals surface area (Å²) in [5.41, 5.74) is -0.124. The van der Waals surface area contributed by atoms with Crippen LogP contribution in [0.15, 0.2) is 47.3 Å². The van der Waals surface area contributed by atoms with Crippen LogP contribution < -0.4 is 5.56 Å². The van der Waals surface area contributed by atoms with Crippen molar-refractivity contribution in [1.82, 2.24) is 9.88 Å². The number of aromatic hydroxyl groups is 1. The van der Waals surface area contributed by atoms with Gasteiger partial charge in [-0.25, -0.2) is 14.0 Å². The summed E-state index contributed by atoms with van der Waals surface area (Å²) in [6, 6.07) is 9.59. The van der Waals surface area contributed by atoms with Gasteiger partial charge in [-0.1, -0.05) is 12.1 Å². The van der Waals surface area contributed by atoms with E-state index in [4.69, 9.17) is 9.84 Å². The lowest BCUT2D eigenvalue weighted by Crippen LogP contribution is -2.37. The Balaban J connectivity index is 1.89. The Kier molecular flexibility index (Phi) is 6.71. The molecule has 0 fully saturated rings. The maximum atomic E-state index is 14.5. The Bertz CT molecular complexity index is 1260. The highest BCUT2D eigenvalue weighted by Gasteiger charge is 2.24. The van der Waals surface area contributed by atoms with Crippen molar-refractivity contribution in [1.29, 1.82) is 0 Å². The average molecular weight is 456 g/mol. The Morgan fingerprint density at radius 2 is 1.79 bits per heavy atom. The lowest BCUT2D eigenvalue weighted by molar-refractivity contribution is 0.0234. The molecule has 0 aliphatic heterocycles. The zero-order chi connectivity index (χ0) is 24.3. The predicted molar refractivity (Wildman–Crippen MR) is 120 cm³/mol. The molecule has 0 saturated heterocycles. The number of amides is 1. The van der Waals surface area contributed by atoms with Crippen LogP contribution in [-0.4, -0.2) is 44.3 Å². The molecule has 33 heavy (non-hydrogen) atoms. The van der Waals surface area contributed by atoms with E-state index in [2.05, 4.69) is 4.98 Å². The first kappa shape index (κ1) is 23.8. The highest BCUT2D eigenvalue weighted by atomic mass is 19.1. The molecule has 0 aliphatic carbocycles. The van der Waals surface area contributed by atoms with Gasteiger partial charge in [0.1, 0.15) is 17.2 Å². The van der Waals surface area contributed by atoms with Gasteiger partial charge < -0.3 is 24.8 Å². The molecule has 174 valence electrons. The number of nitrogens with one attached hydrogen (secondary N) is 1. The Morgan fingerprint density at radius 1 is 1.09 bits per heavy atom. The van der Waals surface area contributed by atoms with Crippen molar-refractivity contribution in [2.45, 2.75) is 39.3 Å². The second kappa shape index (κ2) is 9.32. The number of carbonyl (C=O) groups excluding carboxylic acids is 1. The van der Waals surface area contributed by atoms with E-state index in [9.17, 15) is 23.9 Å². The number of phenols is 1. The van der Waals surface area contributed by atoms with Crippen LogP contribution in [0.5, 0.6) is 5.75 Å². The van der Waals surface area contributed by atoms with E-state index in [1.54, 1.807) is 32.9 Å². The lowest BCUT2D eigenvalue weighted by atomic mass is 10.0. The van der Waals surface area contributed by atoms with E-state index >= 15 is 0 Å². The fourth-order valence-electron chi connectivity index (χ4n) is 3.35. The number of carboxylic acids is 1. The number of aromatic nitrogens is 1. The van der Waals surface area contributed by atoms with Gasteiger partial charge in [0.25, 0.3) is 0 Å². The first-order valence-electron chi connectivity index (χ1n) is 10.3. The van der Waals surface area contributed by atoms with E-state index < -0.39 is 23.5 Å². The van der Waals surface area contributed by atoms with Gasteiger partial charge in [0.05, 0.1) is 17.6 Å². The summed E-state index contributed by atoms with van der Waals surface area (Å²) in [5, 5.41) is 19.7. The molecule has 9 heteroatoms. The first-order valence-corrected chi connectivity index (χ1v) is 10.3. The standard InChI is InChI=1S/C24H25FN2O6/c1-24(2,3)33-23(32)27(13-16-5-4-15(22(30)31)12-18(16)25)11-10-14-6-8-19(28)21-17(14)7-9-20(29)26-21/h4-9,12,28H,10-11,13H2,1-3H3,(H,26,29)(H,30,31). The van der Waals surface area contributed by atoms with Crippen LogP contribution in [0.3, 0.4) is 0 Å². The molecule has 0 bridgehead atoms. The van der Waals surface area contributed by atoms with Crippen LogP contribution in [0.2, 0.25) is 0 Å². The normalized spacial score (nSPS) is 11.4. The minimum Gasteiger partial charge on any atom is -0.506 e. The lowest BCUT2D eigenvalue weighted by Gasteiger charge is -2.28. The molecule has 1 heterocycles. The minimum atomic E-state index is -1.25. The molecule has 8 nitrogen and oxygen atoms in total. The van der Waals surface area contributed by atoms with Gasteiger partial charge >= 0.3 is 12.1 Å². The maximum absolute atomic E-state index is 14.5. The third kappa shape index (κ3) is 5.88. The third-order valence-corrected chi connectivity index (χ3v) is 4.93. The van der Waals surface area contributed by atoms with Gasteiger partial charge in [0, 0.05) is 23.6 Å². The molecule has 3 rings (SSSR count). The van der Waals surface area contributed by atoms with Gasteiger partial charge in [0.15, 0.2) is 0 Å². The van der Waals surface area contributed by atoms with E-state index in [0.717, 1.165) is 11.6 Å². The maximum Gasteiger partial charge on any atom is 0.410 e. The average Bonchev–Trinajstić information content (AvgIpc) is 2.72. The zero-order valence-electron chi connectivity index (χ0n) is 18.5. The topological polar surface area (TPSA) is 120 Å². The van der Waals surface area contributed by atoms with Crippen LogP contribution in [0, 0.1) is 5.82 Å². The van der Waals surface area contributed by atoms with Crippen molar-refractivity contribution in [3.05, 3.63) is 75.3 Å². The number of halogens is 1. The van der Waals surface area contributed by atoms with Crippen LogP contribution in [0.1, 0.15) is 42.3 Å². The number of pyridine rings is 1. The molecule has 3 N–H and O–H groups in total. The van der Waals surface area contributed by atoms with Crippen molar-refractivity contribution in [3.8, 4) is 5.75 Å². The molecule has 1 amide bonds. The number of nitrogens with zero attached hydrogens (tertiary/aromatic N) is 1. The van der Waals surface area contributed by atoms with Gasteiger partial charge in [0.2, 0.25) is 5.56 Å². The number of aromatic amines is 1. The molecular weight excluding hydrogens is 431 g/mol. The van der Waals surface area contributed by atoms with Crippen LogP contribution in [0.25, 0.3) is 10.9 Å². The highest BCUT2D eigenvalue weighted by molar-refractivity contribution is 5.88. The van der Waals surface area contributed by atoms with Crippen molar-refractivity contribution in [2.24, 2.45) is 0 Å². The van der Waals surface area contributed by atoms with Crippen LogP contribution in [0.4, 0.5) is 9.18 Å². The minimum absolute atomic E-state index is 0.0731. The highest BCUT2D eigenvalue weighted by Crippen LogP contribution is 2.25. The Morgan fingerprint density at radius 3 is 2.42 bits per heavy atom. The summed E-state index contributed by atoms with van der Waals surface area (Å²) in [5.74, 6) is -2.06. The first-order chi connectivity index (χ1) is 15.4. The summed E-state index contributed by atoms with van der Waals surface area (Å²) in [7, 11) is 0. The molecule has 0 aliphatic rings. The van der Waals surface area contributed by atoms with Gasteiger partial charge in [-0.2, -0.15) is 0 Å². The fourth-order valence-corrected chi connectivity index (χ4v) is 3.35. The molecule has 3 aromatic rings. The number of benzene rings is 2. The van der Waals surface area contributed by atoms with E-state index in [1.165, 1.54) is 29.2 Å². The summed E-state index contributed by atoms with van der Waals surface area (Å²) in [6.07, 6.45) is -0.322. The van der Waals surface area contributed by atoms with Crippen molar-refractivity contribution in [3.63, 3.8) is 0 Å². The summed E-state index contributed by atoms with van der Waals surface area (Å²) in [6.45, 7) is 5.17. The van der Waals surface area contributed by atoms with E-state index in [1.807, 2.05) is 0 Å². The Labute approximate surface area is 189 Å². The van der Waals surface area contributed by atoms with E-state index in [0.29, 0.717) is 17.3 Å². The quantitative estimate of drug-likeness (QED) is 0.515. The summed E-state index contributed by atoms with van der Waals surface area (Å²) >= 11 is 0. The van der Waals surface area contributed by atoms with Gasteiger partial charge in [-0.05, 0) is 57.0 Å². The molecule has 1 aromatic heterocycles. The van der Waals surface area contributed by atoms with Crippen molar-refractivity contribution >= 4 is 23.0 Å².